The molecule has 0 radical (unpaired) electrons. The molecule has 1 aromatic rings. The monoisotopic (exact) mass is 310 g/mol. The summed E-state index contributed by atoms with van der Waals surface area (Å²) in [7, 11) is 2.19. The van der Waals surface area contributed by atoms with Crippen LogP contribution in [0.15, 0.2) is 30.3 Å². The van der Waals surface area contributed by atoms with Gasteiger partial charge < -0.3 is 10.2 Å². The van der Waals surface area contributed by atoms with Crippen molar-refractivity contribution >= 4 is 24.0 Å². The zero-order valence-corrected chi connectivity index (χ0v) is 14.0. The van der Waals surface area contributed by atoms with Crippen LogP contribution in [0, 0.1) is 11.8 Å². The molecule has 0 saturated carbocycles. The van der Waals surface area contributed by atoms with Crippen LogP contribution in [0.25, 0.3) is 0 Å². The fraction of sp³-hybridized carbons (Fsp3) is 0.588. The molecule has 1 fully saturated rings. The molecule has 21 heavy (non-hydrogen) atoms. The smallest absolute Gasteiger partial charge is 0.224 e. The SMILES string of the molecule is CC1CN(C)C(C)CC1CCC(=O)Nc1ccccc1.Cl. The maximum Gasteiger partial charge on any atom is 0.224 e. The van der Waals surface area contributed by atoms with Gasteiger partial charge in [-0.05, 0) is 50.8 Å². The quantitative estimate of drug-likeness (QED) is 0.917. The second kappa shape index (κ2) is 8.40. The molecule has 3 nitrogen and oxygen atoms in total. The van der Waals surface area contributed by atoms with E-state index in [9.17, 15) is 4.79 Å². The van der Waals surface area contributed by atoms with Crippen molar-refractivity contribution in [3.63, 3.8) is 0 Å². The van der Waals surface area contributed by atoms with Crippen molar-refractivity contribution in [3.05, 3.63) is 30.3 Å². The van der Waals surface area contributed by atoms with Crippen molar-refractivity contribution < 1.29 is 4.79 Å². The molecule has 3 atom stereocenters. The van der Waals surface area contributed by atoms with Gasteiger partial charge in [-0.2, -0.15) is 0 Å². The lowest BCUT2D eigenvalue weighted by atomic mass is 9.81. The van der Waals surface area contributed by atoms with Crippen LogP contribution in [-0.2, 0) is 4.79 Å². The summed E-state index contributed by atoms with van der Waals surface area (Å²) >= 11 is 0. The lowest BCUT2D eigenvalue weighted by molar-refractivity contribution is -0.116. The van der Waals surface area contributed by atoms with Gasteiger partial charge in [-0.1, -0.05) is 25.1 Å². The minimum atomic E-state index is 0. The van der Waals surface area contributed by atoms with Gasteiger partial charge in [-0.15, -0.1) is 12.4 Å². The number of carbonyl (C=O) groups is 1. The Morgan fingerprint density at radius 1 is 1.29 bits per heavy atom. The number of para-hydroxylation sites is 1. The fourth-order valence-corrected chi connectivity index (χ4v) is 3.10. The lowest BCUT2D eigenvalue weighted by Gasteiger charge is -2.39. The number of rotatable bonds is 4. The third-order valence-corrected chi connectivity index (χ3v) is 4.58. The number of amides is 1. The Kier molecular flexibility index (Phi) is 7.20. The largest absolute Gasteiger partial charge is 0.326 e. The van der Waals surface area contributed by atoms with E-state index in [-0.39, 0.29) is 18.3 Å². The van der Waals surface area contributed by atoms with E-state index in [2.05, 4.69) is 31.1 Å². The summed E-state index contributed by atoms with van der Waals surface area (Å²) in [4.78, 5) is 14.4. The van der Waals surface area contributed by atoms with E-state index in [1.54, 1.807) is 0 Å². The predicted molar refractivity (Wildman–Crippen MR) is 90.9 cm³/mol. The van der Waals surface area contributed by atoms with Crippen molar-refractivity contribution in [1.29, 1.82) is 0 Å². The molecule has 0 aromatic heterocycles. The molecule has 1 aliphatic rings. The number of benzene rings is 1. The third-order valence-electron chi connectivity index (χ3n) is 4.58. The van der Waals surface area contributed by atoms with E-state index < -0.39 is 0 Å². The van der Waals surface area contributed by atoms with Crippen LogP contribution >= 0.6 is 12.4 Å². The highest BCUT2D eigenvalue weighted by atomic mass is 35.5. The molecular formula is C17H27ClN2O. The predicted octanol–water partition coefficient (Wildman–Crippen LogP) is 3.80. The average molecular weight is 311 g/mol. The first-order chi connectivity index (χ1) is 9.56. The van der Waals surface area contributed by atoms with Gasteiger partial charge in [0, 0.05) is 24.7 Å². The van der Waals surface area contributed by atoms with Crippen LogP contribution in [-0.4, -0.2) is 30.4 Å². The molecule has 1 aromatic carbocycles. The molecule has 1 heterocycles. The zero-order valence-electron chi connectivity index (χ0n) is 13.2. The molecule has 0 bridgehead atoms. The van der Waals surface area contributed by atoms with E-state index in [1.165, 1.54) is 6.42 Å². The van der Waals surface area contributed by atoms with Gasteiger partial charge in [0.15, 0.2) is 0 Å². The Bertz CT molecular complexity index is 438. The minimum Gasteiger partial charge on any atom is -0.326 e. The van der Waals surface area contributed by atoms with Crippen LogP contribution in [0.5, 0.6) is 0 Å². The lowest BCUT2D eigenvalue weighted by Crippen LogP contribution is -2.42. The number of nitrogens with one attached hydrogen (secondary N) is 1. The number of likely N-dealkylation sites (tertiary alicyclic amines) is 1. The highest BCUT2D eigenvalue weighted by Crippen LogP contribution is 2.30. The second-order valence-electron chi connectivity index (χ2n) is 6.21. The number of halogens is 1. The first-order valence-electron chi connectivity index (χ1n) is 7.61. The number of anilines is 1. The van der Waals surface area contributed by atoms with Crippen LogP contribution in [0.4, 0.5) is 5.69 Å². The van der Waals surface area contributed by atoms with E-state index >= 15 is 0 Å². The van der Waals surface area contributed by atoms with E-state index in [4.69, 9.17) is 0 Å². The normalized spacial score (nSPS) is 26.0. The van der Waals surface area contributed by atoms with Gasteiger partial charge in [-0.25, -0.2) is 0 Å². The number of nitrogens with zero attached hydrogens (tertiary/aromatic N) is 1. The Morgan fingerprint density at radius 3 is 2.62 bits per heavy atom. The van der Waals surface area contributed by atoms with E-state index in [0.717, 1.165) is 18.7 Å². The van der Waals surface area contributed by atoms with Crippen molar-refractivity contribution in [2.24, 2.45) is 11.8 Å². The first-order valence-corrected chi connectivity index (χ1v) is 7.61. The maximum absolute atomic E-state index is 12.0. The number of carbonyl (C=O) groups excluding carboxylic acids is 1. The molecule has 0 aliphatic carbocycles. The van der Waals surface area contributed by atoms with E-state index in [1.807, 2.05) is 30.3 Å². The summed E-state index contributed by atoms with van der Waals surface area (Å²) in [6.45, 7) is 5.73. The third kappa shape index (κ3) is 5.33. The van der Waals surface area contributed by atoms with Gasteiger partial charge in [0.2, 0.25) is 5.91 Å². The van der Waals surface area contributed by atoms with Crippen molar-refractivity contribution in [2.45, 2.75) is 39.2 Å². The fourth-order valence-electron chi connectivity index (χ4n) is 3.10. The van der Waals surface area contributed by atoms with Crippen molar-refractivity contribution in [2.75, 3.05) is 18.9 Å². The van der Waals surface area contributed by atoms with Crippen LogP contribution < -0.4 is 5.32 Å². The Morgan fingerprint density at radius 2 is 1.95 bits per heavy atom. The Labute approximate surface area is 134 Å². The van der Waals surface area contributed by atoms with Crippen molar-refractivity contribution in [3.8, 4) is 0 Å². The molecule has 4 heteroatoms. The van der Waals surface area contributed by atoms with Gasteiger partial charge in [0.05, 0.1) is 0 Å². The zero-order chi connectivity index (χ0) is 14.5. The number of piperidine rings is 1. The first kappa shape index (κ1) is 18.0. The summed E-state index contributed by atoms with van der Waals surface area (Å²) in [5.74, 6) is 1.48. The number of hydrogen-bond donors (Lipinski definition) is 1. The molecule has 118 valence electrons. The van der Waals surface area contributed by atoms with Gasteiger partial charge in [0.1, 0.15) is 0 Å². The summed E-state index contributed by atoms with van der Waals surface area (Å²) < 4.78 is 0. The van der Waals surface area contributed by atoms with Gasteiger partial charge >= 0.3 is 0 Å². The van der Waals surface area contributed by atoms with Gasteiger partial charge in [-0.3, -0.25) is 4.79 Å². The molecule has 2 rings (SSSR count). The summed E-state index contributed by atoms with van der Waals surface area (Å²) in [6, 6.07) is 10.3. The minimum absolute atomic E-state index is 0. The standard InChI is InChI=1S/C17H26N2O.ClH/c1-13-12-19(3)14(2)11-15(13)9-10-17(20)18-16-7-5-4-6-8-16;/h4-8,13-15H,9-12H2,1-3H3,(H,18,20);1H. The highest BCUT2D eigenvalue weighted by Gasteiger charge is 2.28. The molecule has 0 spiro atoms. The summed E-state index contributed by atoms with van der Waals surface area (Å²) in [6.07, 6.45) is 2.83. The van der Waals surface area contributed by atoms with Crippen LogP contribution in [0.2, 0.25) is 0 Å². The summed E-state index contributed by atoms with van der Waals surface area (Å²) in [5.41, 5.74) is 0.891. The van der Waals surface area contributed by atoms with Crippen molar-refractivity contribution in [1.82, 2.24) is 4.90 Å². The molecule has 1 saturated heterocycles. The van der Waals surface area contributed by atoms with Crippen LogP contribution in [0.1, 0.15) is 33.1 Å². The molecule has 3 unspecified atom stereocenters. The second-order valence-corrected chi connectivity index (χ2v) is 6.21. The molecule has 1 amide bonds. The number of hydrogen-bond acceptors (Lipinski definition) is 2. The van der Waals surface area contributed by atoms with E-state index in [0.29, 0.717) is 24.3 Å². The highest BCUT2D eigenvalue weighted by molar-refractivity contribution is 5.90. The molecular weight excluding hydrogens is 284 g/mol. The van der Waals surface area contributed by atoms with Gasteiger partial charge in [0.25, 0.3) is 0 Å². The maximum atomic E-state index is 12.0. The Balaban J connectivity index is 0.00000220. The molecule has 1 N–H and O–H groups in total. The topological polar surface area (TPSA) is 32.3 Å². The average Bonchev–Trinajstić information content (AvgIpc) is 2.42. The Hall–Kier alpha value is -1.06. The van der Waals surface area contributed by atoms with Crippen LogP contribution in [0.3, 0.4) is 0 Å². The molecule has 1 aliphatic heterocycles. The summed E-state index contributed by atoms with van der Waals surface area (Å²) in [5, 5.41) is 2.97.